The monoisotopic (exact) mass is 171 g/mol. The summed E-state index contributed by atoms with van der Waals surface area (Å²) in [7, 11) is 0. The summed E-state index contributed by atoms with van der Waals surface area (Å²) in [6.07, 6.45) is 6.67. The van der Waals surface area contributed by atoms with Gasteiger partial charge in [-0.05, 0) is 18.1 Å². The Labute approximate surface area is 73.4 Å². The molecule has 0 aromatic rings. The zero-order valence-corrected chi connectivity index (χ0v) is 8.10. The van der Waals surface area contributed by atoms with Crippen LogP contribution in [0.25, 0.3) is 0 Å². The van der Waals surface area contributed by atoms with Crippen molar-refractivity contribution in [2.45, 2.75) is 43.2 Å². The molecule has 2 atom stereocenters. The largest absolute Gasteiger partial charge is 0.326 e. The highest BCUT2D eigenvalue weighted by Gasteiger charge is 2.19. The Morgan fingerprint density at radius 1 is 1.36 bits per heavy atom. The van der Waals surface area contributed by atoms with Gasteiger partial charge in [0.1, 0.15) is 0 Å². The third kappa shape index (κ3) is 2.88. The first-order valence-corrected chi connectivity index (χ1v) is 5.20. The molecule has 2 heteroatoms. The molecule has 0 heterocycles. The van der Waals surface area contributed by atoms with Crippen LogP contribution in [-0.2, 0) is 0 Å². The summed E-state index contributed by atoms with van der Waals surface area (Å²) >= 11 is 2.01. The molecule has 0 radical (unpaired) electrons. The van der Waals surface area contributed by atoms with Crippen molar-refractivity contribution in [3.8, 4) is 0 Å². The van der Waals surface area contributed by atoms with E-state index in [9.17, 15) is 0 Å². The van der Waals surface area contributed by atoms with Crippen LogP contribution in [0.15, 0.2) is 12.2 Å². The Morgan fingerprint density at radius 3 is 2.55 bits per heavy atom. The molecule has 0 amide bonds. The molecule has 1 aliphatic carbocycles. The zero-order chi connectivity index (χ0) is 8.27. The molecule has 0 spiro atoms. The molecule has 0 saturated carbocycles. The summed E-state index contributed by atoms with van der Waals surface area (Å²) in [4.78, 5) is 0. The van der Waals surface area contributed by atoms with Gasteiger partial charge in [-0.15, -0.1) is 0 Å². The highest BCUT2D eigenvalue weighted by molar-refractivity contribution is 8.00. The molecule has 0 saturated heterocycles. The maximum atomic E-state index is 5.96. The van der Waals surface area contributed by atoms with Crippen molar-refractivity contribution in [3.63, 3.8) is 0 Å². The molecule has 1 nitrogen and oxygen atoms in total. The number of nitrogens with two attached hydrogens (primary N) is 1. The van der Waals surface area contributed by atoms with Gasteiger partial charge in [0.2, 0.25) is 0 Å². The van der Waals surface area contributed by atoms with Gasteiger partial charge in [-0.25, -0.2) is 0 Å². The van der Waals surface area contributed by atoms with Crippen LogP contribution in [0.4, 0.5) is 0 Å². The fourth-order valence-electron chi connectivity index (χ4n) is 1.32. The molecule has 1 rings (SSSR count). The van der Waals surface area contributed by atoms with Gasteiger partial charge in [0.15, 0.2) is 0 Å². The maximum Gasteiger partial charge on any atom is 0.0239 e. The van der Waals surface area contributed by atoms with E-state index in [2.05, 4.69) is 26.0 Å². The Bertz CT molecular complexity index is 142. The van der Waals surface area contributed by atoms with Crippen molar-refractivity contribution in [1.82, 2.24) is 0 Å². The van der Waals surface area contributed by atoms with Gasteiger partial charge in [-0.2, -0.15) is 11.8 Å². The van der Waals surface area contributed by atoms with Gasteiger partial charge in [-0.3, -0.25) is 0 Å². The lowest BCUT2D eigenvalue weighted by atomic mass is 10.0. The van der Waals surface area contributed by atoms with Crippen LogP contribution in [0.3, 0.4) is 0 Å². The average Bonchev–Trinajstić information content (AvgIpc) is 1.93. The molecule has 64 valence electrons. The summed E-state index contributed by atoms with van der Waals surface area (Å²) in [6, 6.07) is 0.382. The van der Waals surface area contributed by atoms with Gasteiger partial charge in [0, 0.05) is 11.3 Å². The van der Waals surface area contributed by atoms with Crippen molar-refractivity contribution in [1.29, 1.82) is 0 Å². The van der Waals surface area contributed by atoms with Crippen LogP contribution in [0, 0.1) is 0 Å². The number of rotatable bonds is 2. The third-order valence-electron chi connectivity index (χ3n) is 1.87. The van der Waals surface area contributed by atoms with E-state index in [1.165, 1.54) is 0 Å². The fraction of sp³-hybridized carbons (Fsp3) is 0.778. The Morgan fingerprint density at radius 2 is 2.00 bits per heavy atom. The topological polar surface area (TPSA) is 26.0 Å². The molecule has 0 aromatic carbocycles. The molecular weight excluding hydrogens is 154 g/mol. The van der Waals surface area contributed by atoms with Crippen molar-refractivity contribution in [3.05, 3.63) is 12.2 Å². The standard InChI is InChI=1S/C9H17NS/c1-7(2)11-9-6-4-3-5-8(9)10/h3-4,7-9H,5-6,10H2,1-2H3. The normalized spacial score (nSPS) is 31.3. The number of hydrogen-bond donors (Lipinski definition) is 1. The fourth-order valence-corrected chi connectivity index (χ4v) is 2.55. The number of allylic oxidation sites excluding steroid dienone is 1. The summed E-state index contributed by atoms with van der Waals surface area (Å²) in [5, 5.41) is 1.36. The first kappa shape index (κ1) is 9.14. The van der Waals surface area contributed by atoms with Crippen LogP contribution in [0.5, 0.6) is 0 Å². The third-order valence-corrected chi connectivity index (χ3v) is 3.30. The predicted octanol–water partition coefficient (Wildman–Crippen LogP) is 2.17. The van der Waals surface area contributed by atoms with Crippen molar-refractivity contribution < 1.29 is 0 Å². The predicted molar refractivity (Wildman–Crippen MR) is 52.9 cm³/mol. The summed E-state index contributed by atoms with van der Waals surface area (Å²) in [5.74, 6) is 0. The van der Waals surface area contributed by atoms with E-state index in [0.717, 1.165) is 12.8 Å². The van der Waals surface area contributed by atoms with Gasteiger partial charge in [0.05, 0.1) is 0 Å². The Balaban J connectivity index is 2.38. The van der Waals surface area contributed by atoms with Crippen LogP contribution in [-0.4, -0.2) is 16.5 Å². The van der Waals surface area contributed by atoms with E-state index < -0.39 is 0 Å². The van der Waals surface area contributed by atoms with E-state index in [-0.39, 0.29) is 0 Å². The van der Waals surface area contributed by atoms with Crippen molar-refractivity contribution >= 4 is 11.8 Å². The molecule has 0 aliphatic heterocycles. The summed E-state index contributed by atoms with van der Waals surface area (Å²) < 4.78 is 0. The second-order valence-corrected chi connectivity index (χ2v) is 5.15. The zero-order valence-electron chi connectivity index (χ0n) is 7.29. The maximum absolute atomic E-state index is 5.96. The van der Waals surface area contributed by atoms with Crippen LogP contribution in [0.1, 0.15) is 26.7 Å². The Hall–Kier alpha value is 0.0500. The van der Waals surface area contributed by atoms with E-state index in [1.807, 2.05) is 11.8 Å². The lowest BCUT2D eigenvalue weighted by molar-refractivity contribution is 0.620. The molecule has 11 heavy (non-hydrogen) atoms. The molecule has 2 unspecified atom stereocenters. The van der Waals surface area contributed by atoms with Crippen LogP contribution < -0.4 is 5.73 Å². The van der Waals surface area contributed by atoms with Crippen molar-refractivity contribution in [2.24, 2.45) is 5.73 Å². The summed E-state index contributed by atoms with van der Waals surface area (Å²) in [6.45, 7) is 4.46. The molecule has 1 aliphatic rings. The van der Waals surface area contributed by atoms with E-state index in [4.69, 9.17) is 5.73 Å². The van der Waals surface area contributed by atoms with Gasteiger partial charge < -0.3 is 5.73 Å². The Kier molecular flexibility index (Phi) is 3.46. The SMILES string of the molecule is CC(C)SC1CC=CCC1N. The molecule has 2 N–H and O–H groups in total. The molecule has 0 fully saturated rings. The average molecular weight is 171 g/mol. The number of thioether (sulfide) groups is 1. The minimum atomic E-state index is 0.382. The quantitative estimate of drug-likeness (QED) is 0.644. The van der Waals surface area contributed by atoms with Crippen LogP contribution in [0.2, 0.25) is 0 Å². The highest BCUT2D eigenvalue weighted by Crippen LogP contribution is 2.26. The van der Waals surface area contributed by atoms with E-state index >= 15 is 0 Å². The summed E-state index contributed by atoms with van der Waals surface area (Å²) in [5.41, 5.74) is 5.96. The molecule has 0 aromatic heterocycles. The number of hydrogen-bond acceptors (Lipinski definition) is 2. The first-order chi connectivity index (χ1) is 5.20. The van der Waals surface area contributed by atoms with Gasteiger partial charge >= 0.3 is 0 Å². The lowest BCUT2D eigenvalue weighted by Crippen LogP contribution is -2.34. The second kappa shape index (κ2) is 4.17. The molecular formula is C9H17NS. The van der Waals surface area contributed by atoms with Crippen LogP contribution >= 0.6 is 11.8 Å². The molecule has 0 bridgehead atoms. The van der Waals surface area contributed by atoms with E-state index in [0.29, 0.717) is 16.5 Å². The smallest absolute Gasteiger partial charge is 0.0239 e. The highest BCUT2D eigenvalue weighted by atomic mass is 32.2. The lowest BCUT2D eigenvalue weighted by Gasteiger charge is -2.25. The second-order valence-electron chi connectivity index (χ2n) is 3.33. The van der Waals surface area contributed by atoms with Crippen molar-refractivity contribution in [2.75, 3.05) is 0 Å². The van der Waals surface area contributed by atoms with Gasteiger partial charge in [0.25, 0.3) is 0 Å². The van der Waals surface area contributed by atoms with E-state index in [1.54, 1.807) is 0 Å². The minimum absolute atomic E-state index is 0.382. The minimum Gasteiger partial charge on any atom is -0.326 e. The first-order valence-electron chi connectivity index (χ1n) is 4.26. The van der Waals surface area contributed by atoms with Gasteiger partial charge in [-0.1, -0.05) is 26.0 Å².